The largest absolute Gasteiger partial charge is 0.222 e. The van der Waals surface area contributed by atoms with E-state index in [1.807, 2.05) is 12.3 Å². The lowest BCUT2D eigenvalue weighted by atomic mass is 10.6. The molecule has 0 unspecified atom stereocenters. The van der Waals surface area contributed by atoms with Gasteiger partial charge in [-0.15, -0.1) is 16.4 Å². The van der Waals surface area contributed by atoms with E-state index in [1.54, 1.807) is 15.9 Å². The lowest BCUT2D eigenvalue weighted by Gasteiger charge is -1.79. The molecule has 0 bridgehead atoms. The van der Waals surface area contributed by atoms with E-state index in [0.717, 1.165) is 10.7 Å². The van der Waals surface area contributed by atoms with E-state index in [4.69, 9.17) is 0 Å². The monoisotopic (exact) mass is 138 g/mol. The van der Waals surface area contributed by atoms with Crippen LogP contribution in [0.3, 0.4) is 0 Å². The maximum absolute atomic E-state index is 3.88. The molecule has 0 aliphatic carbocycles. The van der Waals surface area contributed by atoms with Gasteiger partial charge in [0.15, 0.2) is 0 Å². The normalized spacial score (nSPS) is 10.8. The van der Waals surface area contributed by atoms with Gasteiger partial charge in [0.2, 0.25) is 11.3 Å². The second-order valence-corrected chi connectivity index (χ2v) is 2.62. The van der Waals surface area contributed by atoms with Crippen LogP contribution in [0.2, 0.25) is 0 Å². The first kappa shape index (κ1) is 4.93. The van der Waals surface area contributed by atoms with Crippen LogP contribution in [0.4, 0.5) is 0 Å². The van der Waals surface area contributed by atoms with Gasteiger partial charge in [0.05, 0.1) is 5.69 Å². The first-order valence-electron chi connectivity index (χ1n) is 2.55. The Morgan fingerprint density at radius 2 is 2.67 bits per heavy atom. The number of aromatic nitrogens is 3. The highest BCUT2D eigenvalue weighted by atomic mass is 32.1. The van der Waals surface area contributed by atoms with Crippen LogP contribution in [0.15, 0.2) is 5.38 Å². The van der Waals surface area contributed by atoms with Crippen molar-refractivity contribution in [3.8, 4) is 0 Å². The predicted molar refractivity (Wildman–Crippen MR) is 34.4 cm³/mol. The Balaban J connectivity index is 2.99. The van der Waals surface area contributed by atoms with Crippen LogP contribution in [0.25, 0.3) is 4.96 Å². The van der Waals surface area contributed by atoms with E-state index in [0.29, 0.717) is 0 Å². The fourth-order valence-electron chi connectivity index (χ4n) is 0.694. The van der Waals surface area contributed by atoms with Crippen molar-refractivity contribution in [1.82, 2.24) is 14.6 Å². The van der Waals surface area contributed by atoms with Crippen molar-refractivity contribution in [2.45, 2.75) is 6.92 Å². The molecule has 0 spiro atoms. The zero-order valence-electron chi connectivity index (χ0n) is 4.83. The highest BCUT2D eigenvalue weighted by Crippen LogP contribution is 2.09. The molecule has 0 atom stereocenters. The fraction of sp³-hybridized carbons (Fsp3) is 0.200. The molecule has 4 heteroatoms. The summed E-state index contributed by atoms with van der Waals surface area (Å²) in [4.78, 5) is 4.79. The maximum atomic E-state index is 3.88. The summed E-state index contributed by atoms with van der Waals surface area (Å²) in [5.41, 5.74) is 1.11. The molecule has 0 saturated carbocycles. The van der Waals surface area contributed by atoms with Crippen molar-refractivity contribution in [3.05, 3.63) is 17.4 Å². The molecule has 0 amide bonds. The SMILES string of the molecule is Cc1csc2n[c]nn12. The molecule has 0 N–H and O–H groups in total. The number of hydrogen-bond acceptors (Lipinski definition) is 3. The van der Waals surface area contributed by atoms with Gasteiger partial charge in [-0.3, -0.25) is 0 Å². The minimum absolute atomic E-state index is 0.910. The topological polar surface area (TPSA) is 30.2 Å². The number of fused-ring (bicyclic) bond motifs is 1. The average molecular weight is 138 g/mol. The van der Waals surface area contributed by atoms with Gasteiger partial charge in [-0.25, -0.2) is 4.52 Å². The molecule has 2 aromatic rings. The number of aryl methyl sites for hydroxylation is 1. The van der Waals surface area contributed by atoms with Crippen LogP contribution in [0.5, 0.6) is 0 Å². The molecule has 45 valence electrons. The van der Waals surface area contributed by atoms with Gasteiger partial charge >= 0.3 is 0 Å². The first-order chi connectivity index (χ1) is 4.38. The van der Waals surface area contributed by atoms with E-state index in [1.165, 1.54) is 0 Å². The standard InChI is InChI=1S/C5H4N3S/c1-4-2-9-5-6-3-7-8(4)5/h2H,1H3. The molecule has 2 aromatic heterocycles. The van der Waals surface area contributed by atoms with E-state index in [-0.39, 0.29) is 0 Å². The van der Waals surface area contributed by atoms with Crippen molar-refractivity contribution in [2.24, 2.45) is 0 Å². The van der Waals surface area contributed by atoms with E-state index >= 15 is 0 Å². The summed E-state index contributed by atoms with van der Waals surface area (Å²) in [6.45, 7) is 1.99. The number of thiazole rings is 1. The first-order valence-corrected chi connectivity index (χ1v) is 3.43. The third-order valence-electron chi connectivity index (χ3n) is 1.14. The second-order valence-electron chi connectivity index (χ2n) is 1.78. The van der Waals surface area contributed by atoms with E-state index in [2.05, 4.69) is 16.4 Å². The van der Waals surface area contributed by atoms with Gasteiger partial charge in [0.1, 0.15) is 0 Å². The molecule has 0 saturated heterocycles. The Labute approximate surface area is 56.0 Å². The quantitative estimate of drug-likeness (QED) is 0.541. The van der Waals surface area contributed by atoms with Crippen LogP contribution >= 0.6 is 11.3 Å². The minimum atomic E-state index is 0.910. The Morgan fingerprint density at radius 3 is 3.44 bits per heavy atom. The van der Waals surface area contributed by atoms with Crippen LogP contribution < -0.4 is 0 Å². The summed E-state index contributed by atoms with van der Waals surface area (Å²) < 4.78 is 1.77. The molecule has 0 aliphatic heterocycles. The molecular formula is C5H4N3S. The summed E-state index contributed by atoms with van der Waals surface area (Å²) in [6, 6.07) is 0. The smallest absolute Gasteiger partial charge is 0.208 e. The second kappa shape index (κ2) is 1.54. The van der Waals surface area contributed by atoms with Gasteiger partial charge in [-0.05, 0) is 6.92 Å². The Hall–Kier alpha value is -0.900. The molecule has 2 rings (SSSR count). The van der Waals surface area contributed by atoms with Crippen LogP contribution in [0.1, 0.15) is 5.69 Å². The van der Waals surface area contributed by atoms with E-state index < -0.39 is 0 Å². The van der Waals surface area contributed by atoms with Crippen LogP contribution in [-0.4, -0.2) is 14.6 Å². The van der Waals surface area contributed by atoms with Crippen molar-refractivity contribution < 1.29 is 0 Å². The van der Waals surface area contributed by atoms with Crippen molar-refractivity contribution in [2.75, 3.05) is 0 Å². The fourth-order valence-corrected chi connectivity index (χ4v) is 1.45. The van der Waals surface area contributed by atoms with E-state index in [9.17, 15) is 0 Å². The highest BCUT2D eigenvalue weighted by Gasteiger charge is 1.98. The lowest BCUT2D eigenvalue weighted by Crippen LogP contribution is -1.83. The molecule has 3 nitrogen and oxygen atoms in total. The third kappa shape index (κ3) is 0.564. The number of nitrogens with zero attached hydrogens (tertiary/aromatic N) is 3. The summed E-state index contributed by atoms with van der Waals surface area (Å²) in [7, 11) is 0. The molecule has 2 heterocycles. The highest BCUT2D eigenvalue weighted by molar-refractivity contribution is 7.15. The predicted octanol–water partition coefficient (Wildman–Crippen LogP) is 0.899. The summed E-state index contributed by atoms with van der Waals surface area (Å²) in [5.74, 6) is 0. The number of rotatable bonds is 0. The summed E-state index contributed by atoms with van der Waals surface area (Å²) in [5, 5.41) is 5.89. The molecule has 0 aliphatic rings. The van der Waals surface area contributed by atoms with Gasteiger partial charge < -0.3 is 0 Å². The van der Waals surface area contributed by atoms with Gasteiger partial charge in [0, 0.05) is 5.38 Å². The summed E-state index contributed by atoms with van der Waals surface area (Å²) >= 11 is 1.58. The van der Waals surface area contributed by atoms with Crippen molar-refractivity contribution in [1.29, 1.82) is 0 Å². The number of hydrogen-bond donors (Lipinski definition) is 0. The lowest BCUT2D eigenvalue weighted by molar-refractivity contribution is 0.927. The van der Waals surface area contributed by atoms with Crippen molar-refractivity contribution in [3.63, 3.8) is 0 Å². The minimum Gasteiger partial charge on any atom is -0.208 e. The molecular weight excluding hydrogens is 134 g/mol. The zero-order valence-corrected chi connectivity index (χ0v) is 5.64. The summed E-state index contributed by atoms with van der Waals surface area (Å²) in [6.07, 6.45) is 2.53. The average Bonchev–Trinajstić information content (AvgIpc) is 2.35. The molecule has 0 fully saturated rings. The third-order valence-corrected chi connectivity index (χ3v) is 2.07. The van der Waals surface area contributed by atoms with Crippen molar-refractivity contribution >= 4 is 16.3 Å². The Kier molecular flexibility index (Phi) is 0.843. The Morgan fingerprint density at radius 1 is 1.78 bits per heavy atom. The van der Waals surface area contributed by atoms with Crippen LogP contribution in [0, 0.1) is 13.3 Å². The van der Waals surface area contributed by atoms with Crippen LogP contribution in [-0.2, 0) is 0 Å². The molecule has 1 radical (unpaired) electrons. The molecule has 0 aromatic carbocycles. The maximum Gasteiger partial charge on any atom is 0.222 e. The molecule has 9 heavy (non-hydrogen) atoms. The van der Waals surface area contributed by atoms with Gasteiger partial charge in [-0.1, -0.05) is 0 Å². The van der Waals surface area contributed by atoms with Gasteiger partial charge in [0.25, 0.3) is 0 Å². The zero-order chi connectivity index (χ0) is 6.27. The van der Waals surface area contributed by atoms with Gasteiger partial charge in [-0.2, -0.15) is 4.98 Å². The Bertz CT molecular complexity index is 321.